The molecule has 2 amide bonds. The SMILES string of the molecule is Cc1cc(Br)ccc1NC(=O)[C@H](COCc1ccccc1)NC(=O)OC(C)(C)C. The Bertz CT molecular complexity index is 834. The summed E-state index contributed by atoms with van der Waals surface area (Å²) in [5.74, 6) is -0.380. The Morgan fingerprint density at radius 3 is 2.41 bits per heavy atom. The van der Waals surface area contributed by atoms with E-state index in [9.17, 15) is 9.59 Å². The van der Waals surface area contributed by atoms with E-state index in [4.69, 9.17) is 9.47 Å². The number of anilines is 1. The molecule has 2 aromatic carbocycles. The van der Waals surface area contributed by atoms with Gasteiger partial charge in [0.1, 0.15) is 11.6 Å². The molecule has 29 heavy (non-hydrogen) atoms. The van der Waals surface area contributed by atoms with Gasteiger partial charge in [0.15, 0.2) is 0 Å². The zero-order valence-corrected chi connectivity index (χ0v) is 18.7. The molecule has 2 aromatic rings. The Morgan fingerprint density at radius 1 is 1.10 bits per heavy atom. The Morgan fingerprint density at radius 2 is 1.79 bits per heavy atom. The van der Waals surface area contributed by atoms with E-state index in [0.29, 0.717) is 12.3 Å². The molecule has 0 radical (unpaired) electrons. The van der Waals surface area contributed by atoms with Gasteiger partial charge in [0.05, 0.1) is 13.2 Å². The molecular formula is C22H27BrN2O4. The van der Waals surface area contributed by atoms with Gasteiger partial charge in [0.25, 0.3) is 0 Å². The van der Waals surface area contributed by atoms with E-state index in [-0.39, 0.29) is 12.5 Å². The number of nitrogens with one attached hydrogen (secondary N) is 2. The van der Waals surface area contributed by atoms with E-state index < -0.39 is 17.7 Å². The van der Waals surface area contributed by atoms with Crippen molar-refractivity contribution >= 4 is 33.6 Å². The lowest BCUT2D eigenvalue weighted by molar-refractivity contribution is -0.119. The van der Waals surface area contributed by atoms with E-state index in [1.807, 2.05) is 49.4 Å². The van der Waals surface area contributed by atoms with Gasteiger partial charge in [-0.2, -0.15) is 0 Å². The molecular weight excluding hydrogens is 436 g/mol. The molecule has 0 heterocycles. The van der Waals surface area contributed by atoms with Crippen molar-refractivity contribution in [3.05, 3.63) is 64.1 Å². The maximum atomic E-state index is 12.8. The Kier molecular flexibility index (Phi) is 8.22. The minimum atomic E-state index is -0.906. The first kappa shape index (κ1) is 22.9. The predicted octanol–water partition coefficient (Wildman–Crippen LogP) is 4.81. The molecule has 0 fully saturated rings. The molecule has 0 aliphatic rings. The van der Waals surface area contributed by atoms with Crippen LogP contribution in [0, 0.1) is 6.92 Å². The molecule has 0 saturated heterocycles. The van der Waals surface area contributed by atoms with Crippen LogP contribution >= 0.6 is 15.9 Å². The molecule has 2 N–H and O–H groups in total. The smallest absolute Gasteiger partial charge is 0.408 e. The Balaban J connectivity index is 2.05. The summed E-state index contributed by atoms with van der Waals surface area (Å²) in [5, 5.41) is 5.45. The number of amides is 2. The van der Waals surface area contributed by atoms with Crippen molar-refractivity contribution in [2.24, 2.45) is 0 Å². The third-order valence-corrected chi connectivity index (χ3v) is 4.34. The molecule has 0 aliphatic carbocycles. The monoisotopic (exact) mass is 462 g/mol. The molecule has 1 atom stereocenters. The number of aryl methyl sites for hydroxylation is 1. The van der Waals surface area contributed by atoms with Crippen molar-refractivity contribution in [3.63, 3.8) is 0 Å². The summed E-state index contributed by atoms with van der Waals surface area (Å²) in [6, 6.07) is 14.2. The third kappa shape index (κ3) is 8.25. The minimum Gasteiger partial charge on any atom is -0.444 e. The molecule has 156 valence electrons. The van der Waals surface area contributed by atoms with Gasteiger partial charge < -0.3 is 20.1 Å². The Labute approximate surface area is 180 Å². The van der Waals surface area contributed by atoms with Gasteiger partial charge in [-0.15, -0.1) is 0 Å². The van der Waals surface area contributed by atoms with Crippen molar-refractivity contribution in [2.45, 2.75) is 45.9 Å². The number of carbonyl (C=O) groups excluding carboxylic acids is 2. The van der Waals surface area contributed by atoms with E-state index in [1.54, 1.807) is 26.8 Å². The summed E-state index contributed by atoms with van der Waals surface area (Å²) in [7, 11) is 0. The summed E-state index contributed by atoms with van der Waals surface area (Å²) in [6.45, 7) is 7.52. The quantitative estimate of drug-likeness (QED) is 0.618. The maximum absolute atomic E-state index is 12.8. The number of hydrogen-bond acceptors (Lipinski definition) is 4. The third-order valence-electron chi connectivity index (χ3n) is 3.85. The van der Waals surface area contributed by atoms with Crippen LogP contribution < -0.4 is 10.6 Å². The lowest BCUT2D eigenvalue weighted by Crippen LogP contribution is -2.48. The Hall–Kier alpha value is -2.38. The molecule has 0 unspecified atom stereocenters. The van der Waals surface area contributed by atoms with Gasteiger partial charge in [-0.25, -0.2) is 4.79 Å². The first-order valence-corrected chi connectivity index (χ1v) is 10.1. The van der Waals surface area contributed by atoms with Crippen LogP contribution in [0.2, 0.25) is 0 Å². The number of ether oxygens (including phenoxy) is 2. The van der Waals surface area contributed by atoms with Crippen LogP contribution in [-0.2, 0) is 20.9 Å². The zero-order chi connectivity index (χ0) is 21.4. The normalized spacial score (nSPS) is 12.2. The van der Waals surface area contributed by atoms with E-state index in [2.05, 4.69) is 26.6 Å². The van der Waals surface area contributed by atoms with Gasteiger partial charge in [-0.3, -0.25) is 4.79 Å². The highest BCUT2D eigenvalue weighted by atomic mass is 79.9. The van der Waals surface area contributed by atoms with E-state index in [0.717, 1.165) is 15.6 Å². The molecule has 2 rings (SSSR count). The number of alkyl carbamates (subject to hydrolysis) is 1. The standard InChI is InChI=1S/C22H27BrN2O4/c1-15-12-17(23)10-11-18(15)24-20(26)19(25-21(27)29-22(2,3)4)14-28-13-16-8-6-5-7-9-16/h5-12,19H,13-14H2,1-4H3,(H,24,26)(H,25,27)/t19-/m0/s1. The fourth-order valence-corrected chi connectivity index (χ4v) is 2.96. The summed E-state index contributed by atoms with van der Waals surface area (Å²) in [6.07, 6.45) is -0.673. The molecule has 0 bridgehead atoms. The highest BCUT2D eigenvalue weighted by Crippen LogP contribution is 2.20. The average Bonchev–Trinajstić information content (AvgIpc) is 2.62. The second-order valence-electron chi connectivity index (χ2n) is 7.65. The van der Waals surface area contributed by atoms with Gasteiger partial charge in [0, 0.05) is 10.2 Å². The van der Waals surface area contributed by atoms with Crippen LogP contribution in [0.4, 0.5) is 10.5 Å². The topological polar surface area (TPSA) is 76.7 Å². The van der Waals surface area contributed by atoms with Crippen LogP contribution in [0.15, 0.2) is 53.0 Å². The summed E-state index contributed by atoms with van der Waals surface area (Å²) < 4.78 is 11.9. The number of benzene rings is 2. The van der Waals surface area contributed by atoms with Crippen molar-refractivity contribution < 1.29 is 19.1 Å². The highest BCUT2D eigenvalue weighted by molar-refractivity contribution is 9.10. The second kappa shape index (κ2) is 10.4. The second-order valence-corrected chi connectivity index (χ2v) is 8.56. The van der Waals surface area contributed by atoms with Crippen LogP contribution in [0.1, 0.15) is 31.9 Å². The van der Waals surface area contributed by atoms with Gasteiger partial charge >= 0.3 is 6.09 Å². The van der Waals surface area contributed by atoms with E-state index >= 15 is 0 Å². The lowest BCUT2D eigenvalue weighted by Gasteiger charge is -2.23. The molecule has 0 aliphatic heterocycles. The van der Waals surface area contributed by atoms with E-state index in [1.165, 1.54) is 0 Å². The van der Waals surface area contributed by atoms with Crippen LogP contribution in [0.25, 0.3) is 0 Å². The van der Waals surface area contributed by atoms with Gasteiger partial charge in [-0.1, -0.05) is 46.3 Å². The van der Waals surface area contributed by atoms with Crippen molar-refractivity contribution in [1.29, 1.82) is 0 Å². The van der Waals surface area contributed by atoms with Crippen LogP contribution in [0.3, 0.4) is 0 Å². The average molecular weight is 463 g/mol. The lowest BCUT2D eigenvalue weighted by atomic mass is 10.2. The number of hydrogen-bond donors (Lipinski definition) is 2. The zero-order valence-electron chi connectivity index (χ0n) is 17.1. The van der Waals surface area contributed by atoms with Crippen molar-refractivity contribution in [2.75, 3.05) is 11.9 Å². The summed E-state index contributed by atoms with van der Waals surface area (Å²) in [4.78, 5) is 25.0. The predicted molar refractivity (Wildman–Crippen MR) is 117 cm³/mol. The maximum Gasteiger partial charge on any atom is 0.408 e. The van der Waals surface area contributed by atoms with Crippen LogP contribution in [0.5, 0.6) is 0 Å². The number of halogens is 1. The van der Waals surface area contributed by atoms with Crippen molar-refractivity contribution in [1.82, 2.24) is 5.32 Å². The molecule has 6 nitrogen and oxygen atoms in total. The highest BCUT2D eigenvalue weighted by Gasteiger charge is 2.25. The van der Waals surface area contributed by atoms with Crippen LogP contribution in [-0.4, -0.2) is 30.3 Å². The largest absolute Gasteiger partial charge is 0.444 e. The van der Waals surface area contributed by atoms with Gasteiger partial charge in [0.2, 0.25) is 5.91 Å². The van der Waals surface area contributed by atoms with Crippen molar-refractivity contribution in [3.8, 4) is 0 Å². The minimum absolute atomic E-state index is 0.00947. The fourth-order valence-electron chi connectivity index (χ4n) is 2.49. The molecule has 0 spiro atoms. The molecule has 0 aromatic heterocycles. The summed E-state index contributed by atoms with van der Waals surface area (Å²) >= 11 is 3.40. The summed E-state index contributed by atoms with van der Waals surface area (Å²) in [5.41, 5.74) is 1.87. The first-order valence-electron chi connectivity index (χ1n) is 9.32. The first-order chi connectivity index (χ1) is 13.6. The van der Waals surface area contributed by atoms with Gasteiger partial charge in [-0.05, 0) is 57.0 Å². The fraction of sp³-hybridized carbons (Fsp3) is 0.364. The number of carbonyl (C=O) groups is 2. The molecule has 7 heteroatoms. The molecule has 0 saturated carbocycles. The number of rotatable bonds is 7.